The highest BCUT2D eigenvalue weighted by molar-refractivity contribution is 7.99. The maximum absolute atomic E-state index is 6.08. The number of hydrogen-bond acceptors (Lipinski definition) is 2. The molecule has 1 heterocycles. The molecule has 1 nitrogen and oxygen atoms in total. The van der Waals surface area contributed by atoms with Gasteiger partial charge in [-0.2, -0.15) is 11.8 Å². The van der Waals surface area contributed by atoms with E-state index < -0.39 is 0 Å². The lowest BCUT2D eigenvalue weighted by atomic mass is 10.1. The van der Waals surface area contributed by atoms with E-state index in [2.05, 4.69) is 16.7 Å². The van der Waals surface area contributed by atoms with E-state index >= 15 is 0 Å². The van der Waals surface area contributed by atoms with Crippen molar-refractivity contribution in [2.24, 2.45) is 0 Å². The number of alkyl halides is 1. The largest absolute Gasteiger partial charge is 0.295 e. The van der Waals surface area contributed by atoms with Gasteiger partial charge in [0.2, 0.25) is 0 Å². The number of halogens is 1. The van der Waals surface area contributed by atoms with Crippen LogP contribution in [0.2, 0.25) is 0 Å². The van der Waals surface area contributed by atoms with Crippen LogP contribution in [-0.4, -0.2) is 40.9 Å². The normalized spacial score (nSPS) is 31.4. The first-order valence-corrected chi connectivity index (χ1v) is 8.00. The SMILES string of the molecule is ClCC1CSCCN1C1CCCCCC1. The predicted octanol–water partition coefficient (Wildman–Crippen LogP) is 3.37. The lowest BCUT2D eigenvalue weighted by Crippen LogP contribution is -2.49. The molecule has 0 aromatic rings. The molecule has 1 saturated carbocycles. The number of hydrogen-bond donors (Lipinski definition) is 0. The molecule has 1 atom stereocenters. The highest BCUT2D eigenvalue weighted by atomic mass is 35.5. The molecule has 1 saturated heterocycles. The van der Waals surface area contributed by atoms with Crippen molar-refractivity contribution in [3.05, 3.63) is 0 Å². The average molecular weight is 248 g/mol. The summed E-state index contributed by atoms with van der Waals surface area (Å²) in [6, 6.07) is 1.49. The van der Waals surface area contributed by atoms with Crippen LogP contribution in [0.15, 0.2) is 0 Å². The Bertz CT molecular complexity index is 180. The highest BCUT2D eigenvalue weighted by Gasteiger charge is 2.28. The van der Waals surface area contributed by atoms with Crippen molar-refractivity contribution < 1.29 is 0 Å². The van der Waals surface area contributed by atoms with Gasteiger partial charge >= 0.3 is 0 Å². The monoisotopic (exact) mass is 247 g/mol. The minimum atomic E-state index is 0.647. The summed E-state index contributed by atoms with van der Waals surface area (Å²) < 4.78 is 0. The van der Waals surface area contributed by atoms with Crippen molar-refractivity contribution >= 4 is 23.4 Å². The Balaban J connectivity index is 1.92. The van der Waals surface area contributed by atoms with Gasteiger partial charge in [0, 0.05) is 36.0 Å². The molecule has 1 unspecified atom stereocenters. The maximum Gasteiger partial charge on any atom is 0.0387 e. The fourth-order valence-corrected chi connectivity index (χ4v) is 4.37. The van der Waals surface area contributed by atoms with Crippen molar-refractivity contribution in [2.45, 2.75) is 50.6 Å². The topological polar surface area (TPSA) is 3.24 Å². The molecule has 88 valence electrons. The Kier molecular flexibility index (Phi) is 5.12. The average Bonchev–Trinajstić information content (AvgIpc) is 2.57. The zero-order valence-corrected chi connectivity index (χ0v) is 11.0. The van der Waals surface area contributed by atoms with Crippen molar-refractivity contribution in [1.82, 2.24) is 4.90 Å². The fraction of sp³-hybridized carbons (Fsp3) is 1.00. The van der Waals surface area contributed by atoms with Crippen LogP contribution in [0.4, 0.5) is 0 Å². The fourth-order valence-electron chi connectivity index (χ4n) is 2.87. The van der Waals surface area contributed by atoms with Crippen molar-refractivity contribution in [1.29, 1.82) is 0 Å². The minimum Gasteiger partial charge on any atom is -0.295 e. The minimum absolute atomic E-state index is 0.647. The molecule has 0 aromatic heterocycles. The van der Waals surface area contributed by atoms with Crippen molar-refractivity contribution in [3.8, 4) is 0 Å². The summed E-state index contributed by atoms with van der Waals surface area (Å²) in [4.78, 5) is 2.72. The third kappa shape index (κ3) is 3.28. The van der Waals surface area contributed by atoms with E-state index in [0.717, 1.165) is 11.9 Å². The molecule has 0 amide bonds. The van der Waals surface area contributed by atoms with Crippen LogP contribution in [0.25, 0.3) is 0 Å². The van der Waals surface area contributed by atoms with Crippen LogP contribution in [-0.2, 0) is 0 Å². The van der Waals surface area contributed by atoms with Gasteiger partial charge in [-0.1, -0.05) is 25.7 Å². The first-order valence-electron chi connectivity index (χ1n) is 6.31. The zero-order chi connectivity index (χ0) is 10.5. The summed E-state index contributed by atoms with van der Waals surface area (Å²) >= 11 is 8.15. The van der Waals surface area contributed by atoms with Gasteiger partial charge in [-0.05, 0) is 12.8 Å². The van der Waals surface area contributed by atoms with E-state index in [0.29, 0.717) is 6.04 Å². The Morgan fingerprint density at radius 3 is 2.53 bits per heavy atom. The first-order chi connectivity index (χ1) is 7.42. The van der Waals surface area contributed by atoms with Gasteiger partial charge < -0.3 is 0 Å². The molecule has 0 radical (unpaired) electrons. The third-order valence-electron chi connectivity index (χ3n) is 3.74. The van der Waals surface area contributed by atoms with E-state index in [-0.39, 0.29) is 0 Å². The maximum atomic E-state index is 6.08. The molecule has 0 aromatic carbocycles. The highest BCUT2D eigenvalue weighted by Crippen LogP contribution is 2.27. The van der Waals surface area contributed by atoms with Gasteiger partial charge in [0.15, 0.2) is 0 Å². The summed E-state index contributed by atoms with van der Waals surface area (Å²) in [5, 5.41) is 0. The van der Waals surface area contributed by atoms with Crippen LogP contribution in [0.5, 0.6) is 0 Å². The van der Waals surface area contributed by atoms with Gasteiger partial charge in [0.1, 0.15) is 0 Å². The lowest BCUT2D eigenvalue weighted by Gasteiger charge is -2.40. The Hall–Kier alpha value is 0.600. The van der Waals surface area contributed by atoms with Crippen molar-refractivity contribution in [2.75, 3.05) is 23.9 Å². The number of nitrogens with zero attached hydrogens (tertiary/aromatic N) is 1. The van der Waals surface area contributed by atoms with Gasteiger partial charge in [-0.15, -0.1) is 11.6 Å². The second-order valence-corrected chi connectivity index (χ2v) is 6.22. The lowest BCUT2D eigenvalue weighted by molar-refractivity contribution is 0.148. The summed E-state index contributed by atoms with van der Waals surface area (Å²) in [6.45, 7) is 1.27. The standard InChI is InChI=1S/C12H22ClNS/c13-9-12-10-15-8-7-14(12)11-5-3-1-2-4-6-11/h11-12H,1-10H2. The van der Waals surface area contributed by atoms with Crippen LogP contribution >= 0.6 is 23.4 Å². The number of thioether (sulfide) groups is 1. The van der Waals surface area contributed by atoms with E-state index in [9.17, 15) is 0 Å². The molecule has 1 aliphatic heterocycles. The molecule has 1 aliphatic carbocycles. The molecule has 0 N–H and O–H groups in total. The van der Waals surface area contributed by atoms with Crippen LogP contribution in [0.1, 0.15) is 38.5 Å². The van der Waals surface area contributed by atoms with E-state index in [4.69, 9.17) is 11.6 Å². The second-order valence-electron chi connectivity index (χ2n) is 4.77. The second kappa shape index (κ2) is 6.36. The summed E-state index contributed by atoms with van der Waals surface area (Å²) in [5.41, 5.74) is 0. The molecule has 0 spiro atoms. The van der Waals surface area contributed by atoms with Crippen molar-refractivity contribution in [3.63, 3.8) is 0 Å². The zero-order valence-electron chi connectivity index (χ0n) is 9.46. The molecular formula is C12H22ClNS. The Labute approximate surface area is 103 Å². The molecule has 15 heavy (non-hydrogen) atoms. The molecule has 0 bridgehead atoms. The van der Waals surface area contributed by atoms with Gasteiger partial charge in [-0.25, -0.2) is 0 Å². The Morgan fingerprint density at radius 1 is 1.13 bits per heavy atom. The van der Waals surface area contributed by atoms with Gasteiger partial charge in [0.25, 0.3) is 0 Å². The molecule has 2 rings (SSSR count). The predicted molar refractivity (Wildman–Crippen MR) is 70.0 cm³/mol. The molecule has 3 heteroatoms. The molecular weight excluding hydrogens is 226 g/mol. The van der Waals surface area contributed by atoms with Gasteiger partial charge in [-0.3, -0.25) is 4.90 Å². The first kappa shape index (κ1) is 12.1. The van der Waals surface area contributed by atoms with Crippen LogP contribution in [0.3, 0.4) is 0 Å². The summed E-state index contributed by atoms with van der Waals surface area (Å²) in [6.07, 6.45) is 8.60. The quantitative estimate of drug-likeness (QED) is 0.544. The van der Waals surface area contributed by atoms with Gasteiger partial charge in [0.05, 0.1) is 0 Å². The summed E-state index contributed by atoms with van der Waals surface area (Å²) in [5.74, 6) is 3.38. The van der Waals surface area contributed by atoms with Crippen LogP contribution in [0, 0.1) is 0 Å². The molecule has 2 aliphatic rings. The van der Waals surface area contributed by atoms with E-state index in [1.807, 2.05) is 0 Å². The van der Waals surface area contributed by atoms with E-state index in [1.54, 1.807) is 0 Å². The summed E-state index contributed by atoms with van der Waals surface area (Å²) in [7, 11) is 0. The van der Waals surface area contributed by atoms with Crippen LogP contribution < -0.4 is 0 Å². The Morgan fingerprint density at radius 2 is 1.87 bits per heavy atom. The smallest absolute Gasteiger partial charge is 0.0387 e. The van der Waals surface area contributed by atoms with E-state index in [1.165, 1.54) is 56.6 Å². The number of rotatable bonds is 2. The molecule has 2 fully saturated rings. The third-order valence-corrected chi connectivity index (χ3v) is 5.19.